The first-order valence-electron chi connectivity index (χ1n) is 9.13. The highest BCUT2D eigenvalue weighted by Crippen LogP contribution is 2.41. The second-order valence-electron chi connectivity index (χ2n) is 6.60. The Morgan fingerprint density at radius 3 is 2.79 bits per heavy atom. The number of nitrogens with zero attached hydrogens (tertiary/aromatic N) is 4. The minimum absolute atomic E-state index is 0.109. The molecule has 0 aliphatic heterocycles. The third-order valence-corrected chi connectivity index (χ3v) is 5.57. The number of benzene rings is 1. The van der Waals surface area contributed by atoms with Gasteiger partial charge in [-0.25, -0.2) is 0 Å². The summed E-state index contributed by atoms with van der Waals surface area (Å²) in [6.07, 6.45) is 5.72. The molecule has 0 spiro atoms. The van der Waals surface area contributed by atoms with Crippen LogP contribution in [0.1, 0.15) is 25.8 Å². The molecule has 1 aromatic carbocycles. The fourth-order valence-electron chi connectivity index (χ4n) is 2.91. The summed E-state index contributed by atoms with van der Waals surface area (Å²) in [5.74, 6) is 1.33. The van der Waals surface area contributed by atoms with Crippen LogP contribution in [0.2, 0.25) is 0 Å². The zero-order valence-corrected chi connectivity index (χ0v) is 16.5. The Balaban J connectivity index is 1.52. The molecule has 1 fully saturated rings. The van der Waals surface area contributed by atoms with Crippen molar-refractivity contribution >= 4 is 23.4 Å². The number of hydrogen-bond donors (Lipinski definition) is 1. The molecule has 0 saturated heterocycles. The van der Waals surface area contributed by atoms with Gasteiger partial charge in [-0.05, 0) is 44.0 Å². The van der Waals surface area contributed by atoms with Crippen molar-refractivity contribution in [3.05, 3.63) is 48.8 Å². The molecular weight excluding hydrogens is 374 g/mol. The maximum Gasteiger partial charge on any atom is 0.237 e. The van der Waals surface area contributed by atoms with Gasteiger partial charge in [0.25, 0.3) is 0 Å². The Hall–Kier alpha value is -2.87. The van der Waals surface area contributed by atoms with Crippen LogP contribution in [-0.4, -0.2) is 38.0 Å². The predicted octanol–water partition coefficient (Wildman–Crippen LogP) is 3.80. The molecule has 7 nitrogen and oxygen atoms in total. The van der Waals surface area contributed by atoms with Crippen molar-refractivity contribution in [3.63, 3.8) is 0 Å². The molecule has 1 aliphatic rings. The Bertz CT molecular complexity index is 972. The van der Waals surface area contributed by atoms with Gasteiger partial charge in [0.1, 0.15) is 5.75 Å². The number of para-hydroxylation sites is 2. The first kappa shape index (κ1) is 18.5. The van der Waals surface area contributed by atoms with E-state index >= 15 is 0 Å². The number of anilines is 1. The van der Waals surface area contributed by atoms with E-state index in [0.717, 1.165) is 29.4 Å². The topological polar surface area (TPSA) is 81.9 Å². The van der Waals surface area contributed by atoms with Gasteiger partial charge >= 0.3 is 0 Å². The molecule has 3 aromatic rings. The molecule has 2 heterocycles. The number of hydrogen-bond acceptors (Lipinski definition) is 6. The van der Waals surface area contributed by atoms with Gasteiger partial charge in [-0.3, -0.25) is 14.3 Å². The standard InChI is InChI=1S/C20H21N5O2S/c1-13(19(26)22-16-7-3-4-8-17(16)27-2)28-20-24-23-18(25(20)15-9-10-15)14-6-5-11-21-12-14/h3-8,11-13,15H,9-10H2,1-2H3,(H,22,26)/t13-/m0/s1. The SMILES string of the molecule is COc1ccccc1NC(=O)[C@H](C)Sc1nnc(-c2cccnc2)n1C1CC1. The maximum atomic E-state index is 12.7. The third-order valence-electron chi connectivity index (χ3n) is 4.51. The van der Waals surface area contributed by atoms with Crippen LogP contribution in [0, 0.1) is 0 Å². The van der Waals surface area contributed by atoms with E-state index in [1.165, 1.54) is 11.8 Å². The van der Waals surface area contributed by atoms with Crippen molar-refractivity contribution in [2.45, 2.75) is 36.2 Å². The molecule has 1 aliphatic carbocycles. The lowest BCUT2D eigenvalue weighted by Gasteiger charge is -2.14. The number of thioether (sulfide) groups is 1. The summed E-state index contributed by atoms with van der Waals surface area (Å²) >= 11 is 1.41. The molecule has 2 aromatic heterocycles. The van der Waals surface area contributed by atoms with E-state index in [2.05, 4.69) is 25.1 Å². The Labute approximate surface area is 167 Å². The summed E-state index contributed by atoms with van der Waals surface area (Å²) in [5.41, 5.74) is 1.59. The lowest BCUT2D eigenvalue weighted by Crippen LogP contribution is -2.23. The molecule has 1 atom stereocenters. The zero-order valence-electron chi connectivity index (χ0n) is 15.7. The van der Waals surface area contributed by atoms with Crippen molar-refractivity contribution in [2.75, 3.05) is 12.4 Å². The van der Waals surface area contributed by atoms with Crippen LogP contribution < -0.4 is 10.1 Å². The first-order chi connectivity index (χ1) is 13.7. The molecule has 0 bridgehead atoms. The van der Waals surface area contributed by atoms with Gasteiger partial charge in [0.15, 0.2) is 11.0 Å². The minimum atomic E-state index is -0.339. The lowest BCUT2D eigenvalue weighted by atomic mass is 10.3. The van der Waals surface area contributed by atoms with Gasteiger partial charge in [0, 0.05) is 24.0 Å². The quantitative estimate of drug-likeness (QED) is 0.613. The molecule has 1 saturated carbocycles. The molecule has 0 radical (unpaired) electrons. The highest BCUT2D eigenvalue weighted by molar-refractivity contribution is 8.00. The fraction of sp³-hybridized carbons (Fsp3) is 0.300. The zero-order chi connectivity index (χ0) is 19.5. The molecular formula is C20H21N5O2S. The van der Waals surface area contributed by atoms with E-state index in [1.807, 2.05) is 43.3 Å². The highest BCUT2D eigenvalue weighted by atomic mass is 32.2. The van der Waals surface area contributed by atoms with Gasteiger partial charge in [-0.2, -0.15) is 0 Å². The number of ether oxygens (including phenoxy) is 1. The molecule has 1 N–H and O–H groups in total. The van der Waals surface area contributed by atoms with Crippen LogP contribution in [-0.2, 0) is 4.79 Å². The second kappa shape index (κ2) is 8.02. The molecule has 144 valence electrons. The molecule has 8 heteroatoms. The summed E-state index contributed by atoms with van der Waals surface area (Å²) < 4.78 is 7.43. The van der Waals surface area contributed by atoms with Crippen molar-refractivity contribution in [1.82, 2.24) is 19.7 Å². The monoisotopic (exact) mass is 395 g/mol. The van der Waals surface area contributed by atoms with Gasteiger partial charge in [-0.1, -0.05) is 23.9 Å². The van der Waals surface area contributed by atoms with Gasteiger partial charge in [-0.15, -0.1) is 10.2 Å². The van der Waals surface area contributed by atoms with Gasteiger partial charge in [0.2, 0.25) is 5.91 Å². The van der Waals surface area contributed by atoms with E-state index in [4.69, 9.17) is 4.74 Å². The number of rotatable bonds is 7. The first-order valence-corrected chi connectivity index (χ1v) is 10.0. The maximum absolute atomic E-state index is 12.7. The number of nitrogens with one attached hydrogen (secondary N) is 1. The predicted molar refractivity (Wildman–Crippen MR) is 108 cm³/mol. The molecule has 1 amide bonds. The van der Waals surface area contributed by atoms with E-state index in [9.17, 15) is 4.79 Å². The number of amides is 1. The summed E-state index contributed by atoms with van der Waals surface area (Å²) in [5, 5.41) is 12.1. The Morgan fingerprint density at radius 2 is 2.07 bits per heavy atom. The smallest absolute Gasteiger partial charge is 0.237 e. The van der Waals surface area contributed by atoms with Crippen LogP contribution in [0.15, 0.2) is 53.9 Å². The van der Waals surface area contributed by atoms with Crippen molar-refractivity contribution < 1.29 is 9.53 Å². The van der Waals surface area contributed by atoms with Crippen LogP contribution >= 0.6 is 11.8 Å². The number of pyridine rings is 1. The van der Waals surface area contributed by atoms with Gasteiger partial charge < -0.3 is 10.1 Å². The normalized spacial score (nSPS) is 14.5. The van der Waals surface area contributed by atoms with Crippen LogP contribution in [0.25, 0.3) is 11.4 Å². The molecule has 4 rings (SSSR count). The Kier molecular flexibility index (Phi) is 5.29. The summed E-state index contributed by atoms with van der Waals surface area (Å²) in [4.78, 5) is 16.9. The van der Waals surface area contributed by atoms with Crippen molar-refractivity contribution in [2.24, 2.45) is 0 Å². The van der Waals surface area contributed by atoms with E-state index in [-0.39, 0.29) is 11.2 Å². The highest BCUT2D eigenvalue weighted by Gasteiger charge is 2.31. The van der Waals surface area contributed by atoms with Crippen LogP contribution in [0.4, 0.5) is 5.69 Å². The van der Waals surface area contributed by atoms with Crippen molar-refractivity contribution in [3.8, 4) is 17.1 Å². The third kappa shape index (κ3) is 3.87. The summed E-state index contributed by atoms with van der Waals surface area (Å²) in [6.45, 7) is 1.87. The fourth-order valence-corrected chi connectivity index (χ4v) is 3.82. The lowest BCUT2D eigenvalue weighted by molar-refractivity contribution is -0.115. The Morgan fingerprint density at radius 1 is 1.25 bits per heavy atom. The van der Waals surface area contributed by atoms with Gasteiger partial charge in [0.05, 0.1) is 18.0 Å². The van der Waals surface area contributed by atoms with E-state index in [1.54, 1.807) is 19.5 Å². The number of carbonyl (C=O) groups is 1. The minimum Gasteiger partial charge on any atom is -0.495 e. The molecule has 0 unspecified atom stereocenters. The summed E-state index contributed by atoms with van der Waals surface area (Å²) in [6, 6.07) is 11.6. The van der Waals surface area contributed by atoms with E-state index in [0.29, 0.717) is 17.5 Å². The van der Waals surface area contributed by atoms with Crippen molar-refractivity contribution in [1.29, 1.82) is 0 Å². The average Bonchev–Trinajstić information content (AvgIpc) is 3.49. The summed E-state index contributed by atoms with van der Waals surface area (Å²) in [7, 11) is 1.58. The van der Waals surface area contributed by atoms with Crippen LogP contribution in [0.5, 0.6) is 5.75 Å². The number of carbonyl (C=O) groups excluding carboxylic acids is 1. The number of aromatic nitrogens is 4. The average molecular weight is 395 g/mol. The largest absolute Gasteiger partial charge is 0.495 e. The number of methoxy groups -OCH3 is 1. The molecule has 28 heavy (non-hydrogen) atoms. The second-order valence-corrected chi connectivity index (χ2v) is 7.91. The van der Waals surface area contributed by atoms with Crippen LogP contribution in [0.3, 0.4) is 0 Å². The van der Waals surface area contributed by atoms with E-state index < -0.39 is 0 Å².